The number of aryl methyl sites for hydroxylation is 2. The van der Waals surface area contributed by atoms with E-state index in [9.17, 15) is 4.79 Å². The molecule has 4 aromatic rings. The van der Waals surface area contributed by atoms with Gasteiger partial charge in [0, 0.05) is 0 Å². The van der Waals surface area contributed by atoms with Crippen molar-refractivity contribution in [1.29, 1.82) is 0 Å². The van der Waals surface area contributed by atoms with Crippen molar-refractivity contribution in [3.8, 4) is 0 Å². The zero-order chi connectivity index (χ0) is 18.4. The number of carbonyl (C=O) groups excluding carboxylic acids is 1. The molecule has 26 heavy (non-hydrogen) atoms. The second kappa shape index (κ2) is 6.14. The van der Waals surface area contributed by atoms with Gasteiger partial charge in [0.15, 0.2) is 0 Å². The minimum absolute atomic E-state index is 0.232. The number of fused-ring (bicyclic) bond motifs is 6. The van der Waals surface area contributed by atoms with Crippen LogP contribution in [0, 0.1) is 20.8 Å². The summed E-state index contributed by atoms with van der Waals surface area (Å²) >= 11 is 0. The van der Waals surface area contributed by atoms with E-state index in [1.165, 1.54) is 26.9 Å². The number of esters is 1. The van der Waals surface area contributed by atoms with Crippen molar-refractivity contribution in [2.45, 2.75) is 27.7 Å². The Morgan fingerprint density at radius 2 is 1.19 bits per heavy atom. The van der Waals surface area contributed by atoms with E-state index in [2.05, 4.69) is 55.5 Å². The first-order valence-electron chi connectivity index (χ1n) is 9.06. The molecule has 0 saturated heterocycles. The zero-order valence-corrected chi connectivity index (χ0v) is 15.6. The number of carbonyl (C=O) groups is 1. The van der Waals surface area contributed by atoms with Gasteiger partial charge in [0.05, 0.1) is 12.2 Å². The number of ether oxygens (including phenoxy) is 1. The van der Waals surface area contributed by atoms with E-state index in [4.69, 9.17) is 4.74 Å². The molecule has 0 aromatic heterocycles. The van der Waals surface area contributed by atoms with Gasteiger partial charge in [-0.3, -0.25) is 0 Å². The minimum Gasteiger partial charge on any atom is -0.462 e. The molecule has 130 valence electrons. The molecular weight excluding hydrogens is 320 g/mol. The highest BCUT2D eigenvalue weighted by atomic mass is 16.5. The van der Waals surface area contributed by atoms with Crippen LogP contribution in [0.2, 0.25) is 0 Å². The Hall–Kier alpha value is -2.87. The van der Waals surface area contributed by atoms with Crippen LogP contribution in [0.15, 0.2) is 48.5 Å². The maximum Gasteiger partial charge on any atom is 0.338 e. The lowest BCUT2D eigenvalue weighted by atomic mass is 9.85. The number of hydrogen-bond acceptors (Lipinski definition) is 2. The molecule has 0 radical (unpaired) electrons. The highest BCUT2D eigenvalue weighted by Crippen LogP contribution is 2.40. The van der Waals surface area contributed by atoms with E-state index in [1.807, 2.05) is 20.8 Å². The summed E-state index contributed by atoms with van der Waals surface area (Å²) in [5, 5.41) is 7.29. The van der Waals surface area contributed by atoms with Crippen LogP contribution in [0.5, 0.6) is 0 Å². The van der Waals surface area contributed by atoms with Crippen molar-refractivity contribution >= 4 is 38.3 Å². The molecule has 0 aliphatic rings. The predicted octanol–water partition coefficient (Wildman–Crippen LogP) is 6.25. The Morgan fingerprint density at radius 3 is 1.69 bits per heavy atom. The van der Waals surface area contributed by atoms with Crippen LogP contribution in [-0.2, 0) is 4.74 Å². The van der Waals surface area contributed by atoms with Gasteiger partial charge in [-0.15, -0.1) is 0 Å². The second-order valence-corrected chi connectivity index (χ2v) is 6.81. The predicted molar refractivity (Wildman–Crippen MR) is 109 cm³/mol. The van der Waals surface area contributed by atoms with E-state index in [1.54, 1.807) is 0 Å². The van der Waals surface area contributed by atoms with Crippen molar-refractivity contribution < 1.29 is 9.53 Å². The molecule has 0 heterocycles. The molecule has 2 nitrogen and oxygen atoms in total. The Kier molecular flexibility index (Phi) is 3.91. The SMILES string of the molecule is CCOC(=O)c1c(C)c(C)c2c3ccccc3c3ccccc3c2c1C. The number of benzene rings is 4. The molecule has 0 N–H and O–H groups in total. The third kappa shape index (κ3) is 2.22. The minimum atomic E-state index is -0.232. The van der Waals surface area contributed by atoms with E-state index < -0.39 is 0 Å². The van der Waals surface area contributed by atoms with Crippen molar-refractivity contribution in [3.63, 3.8) is 0 Å². The third-order valence-corrected chi connectivity index (χ3v) is 5.48. The van der Waals surface area contributed by atoms with Gasteiger partial charge >= 0.3 is 5.97 Å². The first kappa shape index (κ1) is 16.6. The first-order valence-corrected chi connectivity index (χ1v) is 9.06. The topological polar surface area (TPSA) is 26.3 Å². The van der Waals surface area contributed by atoms with Gasteiger partial charge in [-0.25, -0.2) is 4.79 Å². The van der Waals surface area contributed by atoms with Crippen LogP contribution in [0.3, 0.4) is 0 Å². The van der Waals surface area contributed by atoms with E-state index in [0.717, 1.165) is 22.1 Å². The maximum atomic E-state index is 12.7. The molecule has 0 fully saturated rings. The zero-order valence-electron chi connectivity index (χ0n) is 15.6. The van der Waals surface area contributed by atoms with E-state index in [-0.39, 0.29) is 5.97 Å². The summed E-state index contributed by atoms with van der Waals surface area (Å²) in [6, 6.07) is 17.0. The fourth-order valence-electron chi connectivity index (χ4n) is 4.21. The van der Waals surface area contributed by atoms with Crippen LogP contribution in [-0.4, -0.2) is 12.6 Å². The Labute approximate surface area is 153 Å². The van der Waals surface area contributed by atoms with E-state index in [0.29, 0.717) is 12.2 Å². The van der Waals surface area contributed by atoms with Crippen LogP contribution in [0.25, 0.3) is 32.3 Å². The molecule has 0 unspecified atom stereocenters. The fourth-order valence-corrected chi connectivity index (χ4v) is 4.21. The second-order valence-electron chi connectivity index (χ2n) is 6.81. The third-order valence-electron chi connectivity index (χ3n) is 5.48. The molecule has 4 aromatic carbocycles. The highest BCUT2D eigenvalue weighted by Gasteiger charge is 2.21. The summed E-state index contributed by atoms with van der Waals surface area (Å²) in [6.07, 6.45) is 0. The smallest absolute Gasteiger partial charge is 0.338 e. The summed E-state index contributed by atoms with van der Waals surface area (Å²) in [4.78, 5) is 12.7. The lowest BCUT2D eigenvalue weighted by Gasteiger charge is -2.19. The number of rotatable bonds is 2. The lowest BCUT2D eigenvalue weighted by Crippen LogP contribution is -2.11. The summed E-state index contributed by atoms with van der Waals surface area (Å²) in [6.45, 7) is 8.41. The fraction of sp³-hybridized carbons (Fsp3) is 0.208. The quantitative estimate of drug-likeness (QED) is 0.318. The van der Waals surface area contributed by atoms with Crippen molar-refractivity contribution in [2.24, 2.45) is 0 Å². The average Bonchev–Trinajstić information content (AvgIpc) is 2.65. The summed E-state index contributed by atoms with van der Waals surface area (Å²) in [5.41, 5.74) is 3.87. The average molecular weight is 342 g/mol. The largest absolute Gasteiger partial charge is 0.462 e. The van der Waals surface area contributed by atoms with Crippen molar-refractivity contribution in [1.82, 2.24) is 0 Å². The molecule has 0 amide bonds. The molecule has 0 saturated carbocycles. The van der Waals surface area contributed by atoms with Gasteiger partial charge in [-0.1, -0.05) is 48.5 Å². The molecule has 0 spiro atoms. The molecule has 0 bridgehead atoms. The first-order chi connectivity index (χ1) is 12.6. The molecule has 0 aliphatic heterocycles. The van der Waals surface area contributed by atoms with Gasteiger partial charge in [0.25, 0.3) is 0 Å². The van der Waals surface area contributed by atoms with Crippen molar-refractivity contribution in [3.05, 3.63) is 70.8 Å². The highest BCUT2D eigenvalue weighted by molar-refractivity contribution is 6.28. The number of hydrogen-bond donors (Lipinski definition) is 0. The van der Waals surface area contributed by atoms with Crippen LogP contribution >= 0.6 is 0 Å². The maximum absolute atomic E-state index is 12.7. The van der Waals surface area contributed by atoms with Gasteiger partial charge in [0.2, 0.25) is 0 Å². The van der Waals surface area contributed by atoms with Crippen LogP contribution in [0.1, 0.15) is 34.0 Å². The van der Waals surface area contributed by atoms with Crippen molar-refractivity contribution in [2.75, 3.05) is 6.61 Å². The molecule has 0 aliphatic carbocycles. The van der Waals surface area contributed by atoms with Gasteiger partial charge in [-0.2, -0.15) is 0 Å². The lowest BCUT2D eigenvalue weighted by molar-refractivity contribution is 0.0525. The van der Waals surface area contributed by atoms with Gasteiger partial charge < -0.3 is 4.74 Å². The molecular formula is C24H22O2. The summed E-state index contributed by atoms with van der Waals surface area (Å²) < 4.78 is 5.35. The summed E-state index contributed by atoms with van der Waals surface area (Å²) in [7, 11) is 0. The molecule has 4 rings (SSSR count). The Morgan fingerprint density at radius 1 is 0.731 bits per heavy atom. The Bertz CT molecular complexity index is 1190. The summed E-state index contributed by atoms with van der Waals surface area (Å²) in [5.74, 6) is -0.232. The van der Waals surface area contributed by atoms with E-state index >= 15 is 0 Å². The van der Waals surface area contributed by atoms with Gasteiger partial charge in [0.1, 0.15) is 0 Å². The standard InChI is InChI=1S/C24H22O2/c1-5-26-24(25)21-14(2)15(3)22-19-12-8-6-10-17(19)18-11-7-9-13-20(18)23(22)16(21)4/h6-13H,5H2,1-4H3. The Balaban J connectivity index is 2.32. The van der Waals surface area contributed by atoms with Crippen LogP contribution < -0.4 is 0 Å². The monoisotopic (exact) mass is 342 g/mol. The normalized spacial score (nSPS) is 11.4. The molecule has 0 atom stereocenters. The van der Waals surface area contributed by atoms with Gasteiger partial charge in [-0.05, 0) is 76.7 Å². The van der Waals surface area contributed by atoms with Crippen LogP contribution in [0.4, 0.5) is 0 Å². The molecule has 2 heteroatoms.